The number of hydrogen-bond acceptors (Lipinski definition) is 1. The first kappa shape index (κ1) is 11.1. The van der Waals surface area contributed by atoms with Crippen molar-refractivity contribution < 1.29 is 4.73 Å². The maximum atomic E-state index is 11.8. The molecule has 3 rings (SSSR count). The molecule has 0 radical (unpaired) electrons. The average molecular weight is 256 g/mol. The van der Waals surface area contributed by atoms with Crippen LogP contribution in [0.25, 0.3) is 22.0 Å². The van der Waals surface area contributed by atoms with Gasteiger partial charge in [0, 0.05) is 12.1 Å². The third kappa shape index (κ3) is 1.81. The maximum absolute atomic E-state index is 11.8. The van der Waals surface area contributed by atoms with Crippen molar-refractivity contribution in [3.8, 4) is 11.1 Å². The minimum absolute atomic E-state index is 0.587. The molecule has 1 aromatic heterocycles. The lowest BCUT2D eigenvalue weighted by Crippen LogP contribution is -2.25. The molecule has 0 aliphatic carbocycles. The standard InChI is InChI=1S/C15H10ClNO/c16-14-8-9-17(18)15-10-12(6-7-13(14)15)11-4-2-1-3-5-11/h1-10H. The topological polar surface area (TPSA) is 26.9 Å². The van der Waals surface area contributed by atoms with E-state index in [2.05, 4.69) is 0 Å². The molecular formula is C15H10ClNO. The molecule has 18 heavy (non-hydrogen) atoms. The van der Waals surface area contributed by atoms with Gasteiger partial charge < -0.3 is 5.21 Å². The molecule has 0 amide bonds. The van der Waals surface area contributed by atoms with E-state index in [0.717, 1.165) is 21.2 Å². The summed E-state index contributed by atoms with van der Waals surface area (Å²) < 4.78 is 0.841. The van der Waals surface area contributed by atoms with Gasteiger partial charge in [-0.25, -0.2) is 0 Å². The van der Waals surface area contributed by atoms with Gasteiger partial charge in [0.2, 0.25) is 5.52 Å². The highest BCUT2D eigenvalue weighted by Gasteiger charge is 2.09. The minimum Gasteiger partial charge on any atom is -0.618 e. The summed E-state index contributed by atoms with van der Waals surface area (Å²) >= 11 is 6.08. The van der Waals surface area contributed by atoms with Crippen molar-refractivity contribution in [2.75, 3.05) is 0 Å². The fourth-order valence-corrected chi connectivity index (χ4v) is 2.25. The molecule has 0 unspecified atom stereocenters. The van der Waals surface area contributed by atoms with Gasteiger partial charge in [0.05, 0.1) is 10.4 Å². The zero-order valence-electron chi connectivity index (χ0n) is 9.51. The number of halogens is 1. The van der Waals surface area contributed by atoms with Crippen molar-refractivity contribution in [2.45, 2.75) is 0 Å². The highest BCUT2D eigenvalue weighted by molar-refractivity contribution is 6.35. The summed E-state index contributed by atoms with van der Waals surface area (Å²) in [6, 6.07) is 17.3. The van der Waals surface area contributed by atoms with Crippen LogP contribution in [0.3, 0.4) is 0 Å². The Balaban J connectivity index is 2.26. The Bertz CT molecular complexity index is 710. The first-order valence-corrected chi connectivity index (χ1v) is 6.00. The smallest absolute Gasteiger partial charge is 0.225 e. The number of pyridine rings is 1. The van der Waals surface area contributed by atoms with Gasteiger partial charge in [-0.3, -0.25) is 0 Å². The zero-order chi connectivity index (χ0) is 12.5. The second-order valence-electron chi connectivity index (χ2n) is 4.09. The molecule has 0 fully saturated rings. The molecule has 0 bridgehead atoms. The zero-order valence-corrected chi connectivity index (χ0v) is 10.3. The molecule has 88 valence electrons. The van der Waals surface area contributed by atoms with Gasteiger partial charge in [-0.05, 0) is 17.2 Å². The molecule has 0 aliphatic rings. The molecule has 2 nitrogen and oxygen atoms in total. The maximum Gasteiger partial charge on any atom is 0.225 e. The van der Waals surface area contributed by atoms with Crippen LogP contribution in [0.5, 0.6) is 0 Å². The molecular weight excluding hydrogens is 246 g/mol. The lowest BCUT2D eigenvalue weighted by atomic mass is 10.0. The van der Waals surface area contributed by atoms with E-state index in [1.165, 1.54) is 6.20 Å². The van der Waals surface area contributed by atoms with Gasteiger partial charge in [-0.15, -0.1) is 0 Å². The quantitative estimate of drug-likeness (QED) is 0.480. The van der Waals surface area contributed by atoms with E-state index in [9.17, 15) is 5.21 Å². The summed E-state index contributed by atoms with van der Waals surface area (Å²) in [5.74, 6) is 0. The first-order valence-electron chi connectivity index (χ1n) is 5.62. The van der Waals surface area contributed by atoms with E-state index in [0.29, 0.717) is 10.5 Å². The fourth-order valence-electron chi connectivity index (χ4n) is 2.03. The largest absolute Gasteiger partial charge is 0.618 e. The Labute approximate surface area is 110 Å². The number of hydrogen-bond donors (Lipinski definition) is 0. The Hall–Kier alpha value is -2.06. The van der Waals surface area contributed by atoms with Crippen molar-refractivity contribution in [3.05, 3.63) is 71.0 Å². The Morgan fingerprint density at radius 1 is 0.889 bits per heavy atom. The number of nitrogens with zero attached hydrogens (tertiary/aromatic N) is 1. The molecule has 3 heteroatoms. The van der Waals surface area contributed by atoms with Gasteiger partial charge >= 0.3 is 0 Å². The van der Waals surface area contributed by atoms with Crippen LogP contribution in [0.15, 0.2) is 60.8 Å². The summed E-state index contributed by atoms with van der Waals surface area (Å²) in [5.41, 5.74) is 2.68. The second kappa shape index (κ2) is 4.31. The van der Waals surface area contributed by atoms with Gasteiger partial charge in [0.25, 0.3) is 0 Å². The monoisotopic (exact) mass is 255 g/mol. The third-order valence-corrected chi connectivity index (χ3v) is 3.29. The molecule has 0 N–H and O–H groups in total. The average Bonchev–Trinajstić information content (AvgIpc) is 2.44. The van der Waals surface area contributed by atoms with Crippen molar-refractivity contribution >= 4 is 22.5 Å². The summed E-state index contributed by atoms with van der Waals surface area (Å²) in [6.45, 7) is 0. The van der Waals surface area contributed by atoms with Crippen LogP contribution in [-0.4, -0.2) is 0 Å². The van der Waals surface area contributed by atoms with Crippen LogP contribution in [0, 0.1) is 5.21 Å². The van der Waals surface area contributed by atoms with E-state index in [1.54, 1.807) is 6.07 Å². The van der Waals surface area contributed by atoms with E-state index in [4.69, 9.17) is 11.6 Å². The first-order chi connectivity index (χ1) is 8.75. The third-order valence-electron chi connectivity index (χ3n) is 2.96. The van der Waals surface area contributed by atoms with E-state index >= 15 is 0 Å². The Morgan fingerprint density at radius 2 is 1.67 bits per heavy atom. The fraction of sp³-hybridized carbons (Fsp3) is 0. The Morgan fingerprint density at radius 3 is 2.44 bits per heavy atom. The summed E-state index contributed by atoms with van der Waals surface area (Å²) in [5, 5.41) is 13.1. The van der Waals surface area contributed by atoms with Gasteiger partial charge in [-0.2, -0.15) is 4.73 Å². The van der Waals surface area contributed by atoms with Crippen LogP contribution in [0.2, 0.25) is 5.02 Å². The van der Waals surface area contributed by atoms with Crippen LogP contribution in [0.4, 0.5) is 0 Å². The van der Waals surface area contributed by atoms with Crippen molar-refractivity contribution in [1.82, 2.24) is 0 Å². The normalized spacial score (nSPS) is 10.7. The van der Waals surface area contributed by atoms with Crippen molar-refractivity contribution in [3.63, 3.8) is 0 Å². The molecule has 0 saturated heterocycles. The number of fused-ring (bicyclic) bond motifs is 1. The predicted molar refractivity (Wildman–Crippen MR) is 73.4 cm³/mol. The SMILES string of the molecule is [O-][n+]1ccc(Cl)c2ccc(-c3ccccc3)cc21. The Kier molecular flexibility index (Phi) is 2.65. The highest BCUT2D eigenvalue weighted by Crippen LogP contribution is 2.26. The second-order valence-corrected chi connectivity index (χ2v) is 4.49. The summed E-state index contributed by atoms with van der Waals surface area (Å²) in [7, 11) is 0. The van der Waals surface area contributed by atoms with Crippen LogP contribution >= 0.6 is 11.6 Å². The number of aromatic nitrogens is 1. The number of benzene rings is 2. The molecule has 0 atom stereocenters. The molecule has 1 heterocycles. The van der Waals surface area contributed by atoms with E-state index in [-0.39, 0.29) is 0 Å². The predicted octanol–water partition coefficient (Wildman–Crippen LogP) is 3.79. The van der Waals surface area contributed by atoms with Crippen LogP contribution in [0.1, 0.15) is 0 Å². The van der Waals surface area contributed by atoms with Crippen molar-refractivity contribution in [1.29, 1.82) is 0 Å². The van der Waals surface area contributed by atoms with Gasteiger partial charge in [-0.1, -0.05) is 48.0 Å². The summed E-state index contributed by atoms with van der Waals surface area (Å²) in [6.07, 6.45) is 1.43. The van der Waals surface area contributed by atoms with E-state index in [1.807, 2.05) is 48.5 Å². The van der Waals surface area contributed by atoms with Crippen LogP contribution in [-0.2, 0) is 0 Å². The molecule has 2 aromatic carbocycles. The molecule has 3 aromatic rings. The summed E-state index contributed by atoms with van der Waals surface area (Å²) in [4.78, 5) is 0. The molecule has 0 saturated carbocycles. The van der Waals surface area contributed by atoms with Gasteiger partial charge in [0.15, 0.2) is 6.20 Å². The van der Waals surface area contributed by atoms with Gasteiger partial charge in [0.1, 0.15) is 0 Å². The van der Waals surface area contributed by atoms with E-state index < -0.39 is 0 Å². The lowest BCUT2D eigenvalue weighted by Gasteiger charge is -2.06. The highest BCUT2D eigenvalue weighted by atomic mass is 35.5. The lowest BCUT2D eigenvalue weighted by molar-refractivity contribution is -0.576. The number of rotatable bonds is 1. The molecule has 0 spiro atoms. The van der Waals surface area contributed by atoms with Crippen molar-refractivity contribution in [2.24, 2.45) is 0 Å². The minimum atomic E-state index is 0.587. The van der Waals surface area contributed by atoms with Crippen LogP contribution < -0.4 is 4.73 Å². The molecule has 0 aliphatic heterocycles.